The van der Waals surface area contributed by atoms with Gasteiger partial charge in [0.1, 0.15) is 0 Å². The summed E-state index contributed by atoms with van der Waals surface area (Å²) in [5.74, 6) is 0. The van der Waals surface area contributed by atoms with Crippen LogP contribution in [-0.4, -0.2) is 5.60 Å². The van der Waals surface area contributed by atoms with E-state index in [4.69, 9.17) is 0 Å². The molecule has 0 aliphatic carbocycles. The van der Waals surface area contributed by atoms with Crippen LogP contribution in [0.2, 0.25) is 0 Å². The molecule has 0 radical (unpaired) electrons. The summed E-state index contributed by atoms with van der Waals surface area (Å²) in [7, 11) is 0. The molecular weight excluding hydrogens is 135 g/mol. The molecule has 10 heavy (non-hydrogen) atoms. The van der Waals surface area contributed by atoms with Gasteiger partial charge in [-0.1, -0.05) is 46.5 Å². The Labute approximate surface area is 86.5 Å². The van der Waals surface area contributed by atoms with Gasteiger partial charge in [0.2, 0.25) is 0 Å². The average Bonchev–Trinajstić information content (AvgIpc) is 1.84. The van der Waals surface area contributed by atoms with Crippen molar-refractivity contribution in [1.29, 1.82) is 0 Å². The smallest absolute Gasteiger partial charge is 0.850 e. The van der Waals surface area contributed by atoms with Gasteiger partial charge in [-0.05, 0) is 0 Å². The van der Waals surface area contributed by atoms with Gasteiger partial charge in [0, 0.05) is 0 Å². The van der Waals surface area contributed by atoms with Crippen LogP contribution in [0.3, 0.4) is 0 Å². The third-order valence-electron chi connectivity index (χ3n) is 1.81. The van der Waals surface area contributed by atoms with Gasteiger partial charge in [-0.3, -0.25) is 0 Å². The van der Waals surface area contributed by atoms with E-state index in [-0.39, 0.29) is 29.6 Å². The second-order valence-electron chi connectivity index (χ2n) is 2.91. The van der Waals surface area contributed by atoms with Crippen molar-refractivity contribution in [3.8, 4) is 0 Å². The van der Waals surface area contributed by atoms with E-state index >= 15 is 0 Å². The Morgan fingerprint density at radius 1 is 1.30 bits per heavy atom. The SMILES string of the molecule is CCCCC(C)([O-])CC.[Na+]. The van der Waals surface area contributed by atoms with Crippen LogP contribution in [0.1, 0.15) is 46.5 Å². The second-order valence-corrected chi connectivity index (χ2v) is 2.91. The summed E-state index contributed by atoms with van der Waals surface area (Å²) >= 11 is 0. The minimum absolute atomic E-state index is 0. The van der Waals surface area contributed by atoms with E-state index in [0.717, 1.165) is 25.7 Å². The second kappa shape index (κ2) is 6.66. The Hall–Kier alpha value is 0.960. The fraction of sp³-hybridized carbons (Fsp3) is 1.00. The van der Waals surface area contributed by atoms with Gasteiger partial charge in [-0.15, -0.1) is 5.60 Å². The van der Waals surface area contributed by atoms with Crippen LogP contribution in [-0.2, 0) is 0 Å². The first-order chi connectivity index (χ1) is 4.12. The molecule has 0 N–H and O–H groups in total. The molecule has 1 nitrogen and oxygen atoms in total. The molecule has 0 saturated heterocycles. The van der Waals surface area contributed by atoms with Crippen LogP contribution in [0, 0.1) is 0 Å². The molecule has 0 amide bonds. The summed E-state index contributed by atoms with van der Waals surface area (Å²) in [5.41, 5.74) is -0.657. The van der Waals surface area contributed by atoms with Crippen molar-refractivity contribution in [1.82, 2.24) is 0 Å². The maximum atomic E-state index is 11.2. The van der Waals surface area contributed by atoms with Gasteiger partial charge in [0.25, 0.3) is 0 Å². The first kappa shape index (κ1) is 13.5. The molecule has 0 aromatic heterocycles. The van der Waals surface area contributed by atoms with Crippen LogP contribution in [0.5, 0.6) is 0 Å². The Bertz CT molecular complexity index is 71.7. The predicted molar refractivity (Wildman–Crippen MR) is 38.2 cm³/mol. The van der Waals surface area contributed by atoms with E-state index in [1.165, 1.54) is 0 Å². The Balaban J connectivity index is 0. The molecule has 1 unspecified atom stereocenters. The molecule has 0 rings (SSSR count). The van der Waals surface area contributed by atoms with E-state index in [9.17, 15) is 5.11 Å². The van der Waals surface area contributed by atoms with Crippen molar-refractivity contribution in [2.24, 2.45) is 0 Å². The molecule has 1 atom stereocenters. The first-order valence-electron chi connectivity index (χ1n) is 3.83. The fourth-order valence-electron chi connectivity index (χ4n) is 0.727. The first-order valence-corrected chi connectivity index (χ1v) is 3.83. The van der Waals surface area contributed by atoms with E-state index in [2.05, 4.69) is 6.92 Å². The van der Waals surface area contributed by atoms with Crippen LogP contribution in [0.4, 0.5) is 0 Å². The normalized spacial score (nSPS) is 15.6. The maximum Gasteiger partial charge on any atom is 1.00 e. The monoisotopic (exact) mass is 152 g/mol. The van der Waals surface area contributed by atoms with E-state index in [1.807, 2.05) is 6.92 Å². The summed E-state index contributed by atoms with van der Waals surface area (Å²) in [4.78, 5) is 0. The fourth-order valence-corrected chi connectivity index (χ4v) is 0.727. The Kier molecular flexibility index (Phi) is 9.02. The van der Waals surface area contributed by atoms with Crippen LogP contribution < -0.4 is 34.7 Å². The third kappa shape index (κ3) is 7.07. The number of unbranched alkanes of at least 4 members (excludes halogenated alkanes) is 1. The van der Waals surface area contributed by atoms with Crippen LogP contribution >= 0.6 is 0 Å². The van der Waals surface area contributed by atoms with E-state index in [1.54, 1.807) is 6.92 Å². The number of rotatable bonds is 4. The van der Waals surface area contributed by atoms with Crippen molar-refractivity contribution in [2.45, 2.75) is 52.1 Å². The van der Waals surface area contributed by atoms with E-state index in [0.29, 0.717) is 0 Å². The van der Waals surface area contributed by atoms with E-state index < -0.39 is 5.60 Å². The summed E-state index contributed by atoms with van der Waals surface area (Å²) in [6.45, 7) is 5.87. The van der Waals surface area contributed by atoms with Crippen molar-refractivity contribution in [2.75, 3.05) is 0 Å². The van der Waals surface area contributed by atoms with Gasteiger partial charge >= 0.3 is 29.6 Å². The standard InChI is InChI=1S/C8H17O.Na/c1-4-6-7-8(3,9)5-2;/h4-7H2,1-3H3;/q-1;+1. The molecule has 0 bridgehead atoms. The molecule has 0 spiro atoms. The topological polar surface area (TPSA) is 23.1 Å². The number of hydrogen-bond acceptors (Lipinski definition) is 1. The average molecular weight is 152 g/mol. The van der Waals surface area contributed by atoms with Gasteiger partial charge < -0.3 is 5.11 Å². The van der Waals surface area contributed by atoms with Gasteiger partial charge in [-0.2, -0.15) is 0 Å². The molecule has 56 valence electrons. The zero-order valence-electron chi connectivity index (χ0n) is 7.74. The summed E-state index contributed by atoms with van der Waals surface area (Å²) in [6.07, 6.45) is 3.80. The van der Waals surface area contributed by atoms with Crippen molar-refractivity contribution >= 4 is 0 Å². The molecule has 2 heteroatoms. The van der Waals surface area contributed by atoms with Crippen molar-refractivity contribution in [3.05, 3.63) is 0 Å². The molecular formula is C8H17NaO. The quantitative estimate of drug-likeness (QED) is 0.460. The predicted octanol–water partition coefficient (Wildman–Crippen LogP) is -1.29. The third-order valence-corrected chi connectivity index (χ3v) is 1.81. The Morgan fingerprint density at radius 3 is 2.10 bits per heavy atom. The molecule has 0 aliphatic heterocycles. The summed E-state index contributed by atoms with van der Waals surface area (Å²) < 4.78 is 0. The van der Waals surface area contributed by atoms with Gasteiger partial charge in [0.15, 0.2) is 0 Å². The summed E-state index contributed by atoms with van der Waals surface area (Å²) in [5, 5.41) is 11.2. The molecule has 0 heterocycles. The maximum absolute atomic E-state index is 11.2. The van der Waals surface area contributed by atoms with Crippen LogP contribution in [0.15, 0.2) is 0 Å². The molecule has 0 aromatic carbocycles. The van der Waals surface area contributed by atoms with Crippen molar-refractivity contribution in [3.63, 3.8) is 0 Å². The molecule has 0 fully saturated rings. The van der Waals surface area contributed by atoms with Gasteiger partial charge in [0.05, 0.1) is 0 Å². The number of hydrogen-bond donors (Lipinski definition) is 0. The van der Waals surface area contributed by atoms with Crippen molar-refractivity contribution < 1.29 is 34.7 Å². The molecule has 0 saturated carbocycles. The van der Waals surface area contributed by atoms with Crippen LogP contribution in [0.25, 0.3) is 0 Å². The minimum atomic E-state index is -0.657. The largest absolute Gasteiger partial charge is 1.00 e. The van der Waals surface area contributed by atoms with Gasteiger partial charge in [-0.25, -0.2) is 0 Å². The molecule has 0 aromatic rings. The zero-order chi connectivity index (χ0) is 7.33. The Morgan fingerprint density at radius 2 is 1.80 bits per heavy atom. The minimum Gasteiger partial charge on any atom is -0.850 e. The summed E-state index contributed by atoms with van der Waals surface area (Å²) in [6, 6.07) is 0. The zero-order valence-corrected chi connectivity index (χ0v) is 9.74. The molecule has 0 aliphatic rings.